The van der Waals surface area contributed by atoms with Gasteiger partial charge >= 0.3 is 0 Å². The highest BCUT2D eigenvalue weighted by atomic mass is 16.7. The zero-order valence-electron chi connectivity index (χ0n) is 17.1. The highest BCUT2D eigenvalue weighted by molar-refractivity contribution is 5.91. The lowest BCUT2D eigenvalue weighted by molar-refractivity contribution is -0.133. The second-order valence-electron chi connectivity index (χ2n) is 7.43. The van der Waals surface area contributed by atoms with Crippen LogP contribution in [0, 0.1) is 0 Å². The van der Waals surface area contributed by atoms with Crippen molar-refractivity contribution in [3.63, 3.8) is 0 Å². The molecule has 0 bridgehead atoms. The van der Waals surface area contributed by atoms with Gasteiger partial charge in [-0.25, -0.2) is 4.68 Å². The minimum absolute atomic E-state index is 0.167. The molecule has 0 unspecified atom stereocenters. The van der Waals surface area contributed by atoms with Gasteiger partial charge in [0, 0.05) is 37.8 Å². The molecule has 1 fully saturated rings. The smallest absolute Gasteiger partial charge is 0.289 e. The molecule has 5 rings (SSSR count). The lowest BCUT2D eigenvalue weighted by Crippen LogP contribution is -2.51. The molecule has 2 aliphatic rings. The largest absolute Gasteiger partial charge is 0.459 e. The number of carbonyl (C=O) groups is 2. The Hall–Kier alpha value is -4.08. The number of hydrogen-bond donors (Lipinski definition) is 0. The zero-order chi connectivity index (χ0) is 22.1. The molecule has 0 aliphatic carbocycles. The number of amides is 2. The summed E-state index contributed by atoms with van der Waals surface area (Å²) >= 11 is 0. The van der Waals surface area contributed by atoms with Gasteiger partial charge in [0.2, 0.25) is 12.7 Å². The van der Waals surface area contributed by atoms with Crippen LogP contribution in [0.4, 0.5) is 0 Å². The van der Waals surface area contributed by atoms with Gasteiger partial charge in [-0.15, -0.1) is 0 Å². The minimum atomic E-state index is -0.366. The van der Waals surface area contributed by atoms with E-state index in [9.17, 15) is 14.4 Å². The van der Waals surface area contributed by atoms with E-state index in [0.717, 1.165) is 10.2 Å². The fourth-order valence-electron chi connectivity index (χ4n) is 3.72. The Morgan fingerprint density at radius 2 is 1.72 bits per heavy atom. The third-order valence-electron chi connectivity index (χ3n) is 5.47. The van der Waals surface area contributed by atoms with Crippen LogP contribution in [0.2, 0.25) is 0 Å². The van der Waals surface area contributed by atoms with Gasteiger partial charge in [0.05, 0.1) is 12.0 Å². The van der Waals surface area contributed by atoms with E-state index >= 15 is 0 Å². The first-order chi connectivity index (χ1) is 15.6. The summed E-state index contributed by atoms with van der Waals surface area (Å²) in [5.41, 5.74) is 0.930. The van der Waals surface area contributed by atoms with Crippen LogP contribution in [0.25, 0.3) is 11.3 Å². The van der Waals surface area contributed by atoms with Crippen LogP contribution >= 0.6 is 0 Å². The van der Waals surface area contributed by atoms with Crippen molar-refractivity contribution in [2.24, 2.45) is 0 Å². The summed E-state index contributed by atoms with van der Waals surface area (Å²) in [6.45, 7) is 1.53. The van der Waals surface area contributed by atoms with Crippen LogP contribution in [0.1, 0.15) is 10.6 Å². The highest BCUT2D eigenvalue weighted by Crippen LogP contribution is 2.35. The molecule has 0 spiro atoms. The van der Waals surface area contributed by atoms with Gasteiger partial charge in [-0.2, -0.15) is 5.10 Å². The fraction of sp³-hybridized carbons (Fsp3) is 0.273. The number of nitrogens with zero attached hydrogens (tertiary/aromatic N) is 4. The van der Waals surface area contributed by atoms with E-state index in [0.29, 0.717) is 43.4 Å². The number of aromatic nitrogens is 2. The molecular formula is C22H20N4O6. The van der Waals surface area contributed by atoms with Gasteiger partial charge < -0.3 is 23.7 Å². The quantitative estimate of drug-likeness (QED) is 0.605. The Bertz CT molecular complexity index is 1210. The zero-order valence-corrected chi connectivity index (χ0v) is 17.1. The maximum atomic E-state index is 12.8. The Labute approximate surface area is 182 Å². The van der Waals surface area contributed by atoms with Crippen molar-refractivity contribution in [2.75, 3.05) is 33.0 Å². The Morgan fingerprint density at radius 3 is 2.50 bits per heavy atom. The lowest BCUT2D eigenvalue weighted by Gasteiger charge is -2.34. The van der Waals surface area contributed by atoms with Gasteiger partial charge in [-0.1, -0.05) is 0 Å². The normalized spacial score (nSPS) is 15.1. The number of rotatable bonds is 4. The minimum Gasteiger partial charge on any atom is -0.459 e. The van der Waals surface area contributed by atoms with Gasteiger partial charge in [0.15, 0.2) is 17.3 Å². The number of piperazine rings is 1. The van der Waals surface area contributed by atoms with E-state index in [1.165, 1.54) is 12.3 Å². The molecule has 0 atom stereocenters. The third-order valence-corrected chi connectivity index (χ3v) is 5.47. The Balaban J connectivity index is 1.25. The molecule has 2 aliphatic heterocycles. The van der Waals surface area contributed by atoms with E-state index in [1.54, 1.807) is 40.1 Å². The van der Waals surface area contributed by atoms with E-state index in [2.05, 4.69) is 5.10 Å². The summed E-state index contributed by atoms with van der Waals surface area (Å²) in [6, 6.07) is 11.7. The molecule has 10 nitrogen and oxygen atoms in total. The number of benzene rings is 1. The van der Waals surface area contributed by atoms with Crippen molar-refractivity contribution in [3.8, 4) is 22.8 Å². The predicted molar refractivity (Wildman–Crippen MR) is 111 cm³/mol. The van der Waals surface area contributed by atoms with Gasteiger partial charge in [-0.05, 0) is 36.4 Å². The molecular weight excluding hydrogens is 416 g/mol. The predicted octanol–water partition coefficient (Wildman–Crippen LogP) is 1.22. The number of furan rings is 1. The van der Waals surface area contributed by atoms with Crippen molar-refractivity contribution in [2.45, 2.75) is 6.54 Å². The molecule has 10 heteroatoms. The number of carbonyl (C=O) groups excluding carboxylic acids is 2. The van der Waals surface area contributed by atoms with Crippen LogP contribution < -0.4 is 15.0 Å². The van der Waals surface area contributed by atoms with Gasteiger partial charge in [0.25, 0.3) is 11.5 Å². The molecule has 2 aromatic heterocycles. The first-order valence-electron chi connectivity index (χ1n) is 10.2. The van der Waals surface area contributed by atoms with Crippen molar-refractivity contribution >= 4 is 11.8 Å². The molecule has 32 heavy (non-hydrogen) atoms. The molecule has 0 saturated carbocycles. The van der Waals surface area contributed by atoms with Crippen molar-refractivity contribution in [1.29, 1.82) is 0 Å². The SMILES string of the molecule is O=C(Cn1nc(-c2ccc3c(c2)OCO3)ccc1=O)N1CCN(C(=O)c2ccco2)CC1. The fourth-order valence-corrected chi connectivity index (χ4v) is 3.72. The van der Waals surface area contributed by atoms with Crippen LogP contribution in [-0.4, -0.2) is 64.4 Å². The third kappa shape index (κ3) is 3.82. The average molecular weight is 436 g/mol. The number of ether oxygens (including phenoxy) is 2. The van der Waals surface area contributed by atoms with Crippen LogP contribution in [0.3, 0.4) is 0 Å². The molecule has 3 aromatic rings. The lowest BCUT2D eigenvalue weighted by atomic mass is 10.1. The molecule has 0 radical (unpaired) electrons. The van der Waals surface area contributed by atoms with Gasteiger partial charge in [0.1, 0.15) is 6.54 Å². The molecule has 1 saturated heterocycles. The second-order valence-corrected chi connectivity index (χ2v) is 7.43. The number of fused-ring (bicyclic) bond motifs is 1. The Morgan fingerprint density at radius 1 is 0.938 bits per heavy atom. The summed E-state index contributed by atoms with van der Waals surface area (Å²) in [5, 5.41) is 4.36. The standard InChI is InChI=1S/C22H20N4O6/c27-20-6-4-16(15-3-5-17-19(12-15)32-14-31-17)23-26(20)13-21(28)24-7-9-25(10-8-24)22(29)18-2-1-11-30-18/h1-6,11-12H,7-10,13-14H2. The van der Waals surface area contributed by atoms with Gasteiger partial charge in [-0.3, -0.25) is 14.4 Å². The summed E-state index contributed by atoms with van der Waals surface area (Å²) in [4.78, 5) is 40.7. The highest BCUT2D eigenvalue weighted by Gasteiger charge is 2.26. The average Bonchev–Trinajstić information content (AvgIpc) is 3.52. The summed E-state index contributed by atoms with van der Waals surface area (Å²) in [5.74, 6) is 1.12. The maximum Gasteiger partial charge on any atom is 0.289 e. The first kappa shape index (κ1) is 19.9. The molecule has 164 valence electrons. The van der Waals surface area contributed by atoms with E-state index < -0.39 is 0 Å². The molecule has 4 heterocycles. The Kier molecular flexibility index (Phi) is 5.10. The monoisotopic (exact) mass is 436 g/mol. The van der Waals surface area contributed by atoms with Crippen LogP contribution in [-0.2, 0) is 11.3 Å². The van der Waals surface area contributed by atoms with E-state index in [-0.39, 0.29) is 36.5 Å². The molecule has 2 amide bonds. The second kappa shape index (κ2) is 8.22. The summed E-state index contributed by atoms with van der Waals surface area (Å²) in [6.07, 6.45) is 1.45. The molecule has 1 aromatic carbocycles. The van der Waals surface area contributed by atoms with Crippen molar-refractivity contribution in [3.05, 3.63) is 64.8 Å². The summed E-state index contributed by atoms with van der Waals surface area (Å²) < 4.78 is 17.0. The number of hydrogen-bond acceptors (Lipinski definition) is 7. The maximum absolute atomic E-state index is 12.8. The van der Waals surface area contributed by atoms with E-state index in [4.69, 9.17) is 13.9 Å². The topological polar surface area (TPSA) is 107 Å². The summed E-state index contributed by atoms with van der Waals surface area (Å²) in [7, 11) is 0. The van der Waals surface area contributed by atoms with Crippen LogP contribution in [0.15, 0.2) is 57.9 Å². The van der Waals surface area contributed by atoms with Crippen molar-refractivity contribution < 1.29 is 23.5 Å². The first-order valence-corrected chi connectivity index (χ1v) is 10.2. The van der Waals surface area contributed by atoms with E-state index in [1.807, 2.05) is 6.07 Å². The molecule has 0 N–H and O–H groups in total. The van der Waals surface area contributed by atoms with Crippen molar-refractivity contribution in [1.82, 2.24) is 19.6 Å². The van der Waals surface area contributed by atoms with Crippen LogP contribution in [0.5, 0.6) is 11.5 Å².